The number of hydroxylamine groups is 2. The van der Waals surface area contributed by atoms with Crippen LogP contribution in [0.3, 0.4) is 0 Å². The summed E-state index contributed by atoms with van der Waals surface area (Å²) in [6.45, 7) is 6.41. The highest BCUT2D eigenvalue weighted by atomic mass is 32.2. The van der Waals surface area contributed by atoms with Crippen molar-refractivity contribution in [1.82, 2.24) is 30.0 Å². The van der Waals surface area contributed by atoms with E-state index >= 15 is 9.59 Å². The van der Waals surface area contributed by atoms with Gasteiger partial charge in [-0.05, 0) is 87.3 Å². The molecule has 15 nitrogen and oxygen atoms in total. The maximum atomic E-state index is 15.4. The van der Waals surface area contributed by atoms with Crippen LogP contribution in [0.5, 0.6) is 5.88 Å². The molecule has 2 N–H and O–H groups in total. The largest absolute Gasteiger partial charge is 0.471 e. The van der Waals surface area contributed by atoms with E-state index in [1.807, 2.05) is 53.3 Å². The SMILES string of the molecule is CON1C(=O)O[C@@H]2C[C@H]2CCCCCc2nc3ccccc3nc2O[C@H]2CN(C(=O)[C@@H]1C(C)(C)C)[C@H](C(=O)N[C@]1(C(=O)NS(=O)(=O)C3(C)CC3)C[C@H]1C(F)F)[C@@H]2Cc1ccccc1. The minimum Gasteiger partial charge on any atom is -0.471 e. The number of rotatable bonds is 9. The maximum absolute atomic E-state index is 15.4. The number of sulfonamides is 1. The van der Waals surface area contributed by atoms with Crippen LogP contribution in [0, 0.1) is 23.2 Å². The van der Waals surface area contributed by atoms with Gasteiger partial charge in [0, 0.05) is 5.92 Å². The van der Waals surface area contributed by atoms with Crippen molar-refractivity contribution in [2.45, 2.75) is 133 Å². The number of carbonyl (C=O) groups is 4. The number of halogens is 2. The van der Waals surface area contributed by atoms with Crippen molar-refractivity contribution in [2.24, 2.45) is 23.2 Å². The molecule has 1 aromatic heterocycles. The lowest BCUT2D eigenvalue weighted by Gasteiger charge is -2.40. The zero-order chi connectivity index (χ0) is 45.1. The first-order valence-electron chi connectivity index (χ1n) is 21.8. The predicted molar refractivity (Wildman–Crippen MR) is 225 cm³/mol. The van der Waals surface area contributed by atoms with Crippen molar-refractivity contribution in [1.29, 1.82) is 0 Å². The van der Waals surface area contributed by atoms with Gasteiger partial charge in [-0.3, -0.25) is 23.9 Å². The maximum Gasteiger partial charge on any atom is 0.435 e. The molecule has 0 radical (unpaired) electrons. The molecule has 3 saturated carbocycles. The van der Waals surface area contributed by atoms with Gasteiger partial charge in [-0.25, -0.2) is 32.0 Å². The summed E-state index contributed by atoms with van der Waals surface area (Å²) in [5, 5.41) is 3.45. The Morgan fingerprint density at radius 2 is 1.65 bits per heavy atom. The molecule has 3 heterocycles. The smallest absolute Gasteiger partial charge is 0.435 e. The number of hydrogen-bond donors (Lipinski definition) is 2. The first-order chi connectivity index (χ1) is 29.9. The summed E-state index contributed by atoms with van der Waals surface area (Å²) in [6, 6.07) is 13.6. The first kappa shape index (κ1) is 44.6. The average molecular weight is 895 g/mol. The van der Waals surface area contributed by atoms with Crippen molar-refractivity contribution < 1.29 is 50.7 Å². The Hall–Kier alpha value is -4.97. The minimum atomic E-state index is -4.29. The quantitative estimate of drug-likeness (QED) is 0.276. The zero-order valence-electron chi connectivity index (χ0n) is 36.2. The van der Waals surface area contributed by atoms with E-state index < -0.39 is 92.4 Å². The normalized spacial score (nSPS) is 29.7. The van der Waals surface area contributed by atoms with Gasteiger partial charge in [0.05, 0.1) is 35.4 Å². The Balaban J connectivity index is 1.24. The Kier molecular flexibility index (Phi) is 11.9. The molecule has 8 rings (SSSR count). The number of nitrogens with zero attached hydrogens (tertiary/aromatic N) is 4. The Labute approximate surface area is 366 Å². The van der Waals surface area contributed by atoms with E-state index in [1.165, 1.54) is 18.9 Å². The third kappa shape index (κ3) is 8.93. The van der Waals surface area contributed by atoms with Gasteiger partial charge in [0.25, 0.3) is 5.91 Å². The van der Waals surface area contributed by atoms with Gasteiger partial charge in [-0.15, -0.1) is 0 Å². The number of alkyl halides is 2. The van der Waals surface area contributed by atoms with Crippen LogP contribution in [0.1, 0.15) is 90.3 Å². The lowest BCUT2D eigenvalue weighted by Crippen LogP contribution is -2.62. The van der Waals surface area contributed by atoms with Crippen molar-refractivity contribution in [2.75, 3.05) is 13.7 Å². The summed E-state index contributed by atoms with van der Waals surface area (Å²) in [5.74, 6) is -5.23. The van der Waals surface area contributed by atoms with Gasteiger partial charge in [0.1, 0.15) is 35.5 Å². The Bertz CT molecular complexity index is 2360. The predicted octanol–water partition coefficient (Wildman–Crippen LogP) is 5.51. The molecule has 2 aromatic carbocycles. The molecule has 3 aromatic rings. The summed E-state index contributed by atoms with van der Waals surface area (Å²) in [6.07, 6.45) is -0.629. The van der Waals surface area contributed by atoms with E-state index in [-0.39, 0.29) is 43.7 Å². The van der Waals surface area contributed by atoms with E-state index in [0.29, 0.717) is 29.6 Å². The van der Waals surface area contributed by atoms with Gasteiger partial charge in [-0.1, -0.05) is 76.1 Å². The fourth-order valence-corrected chi connectivity index (χ4v) is 10.5. The van der Waals surface area contributed by atoms with Crippen LogP contribution >= 0.6 is 0 Å². The molecule has 4 amide bonds. The topological polar surface area (TPSA) is 186 Å². The fourth-order valence-electron chi connectivity index (χ4n) is 9.23. The van der Waals surface area contributed by atoms with E-state index in [0.717, 1.165) is 36.3 Å². The van der Waals surface area contributed by atoms with E-state index in [1.54, 1.807) is 26.8 Å². The molecule has 1 saturated heterocycles. The van der Waals surface area contributed by atoms with Crippen LogP contribution in [0.15, 0.2) is 54.6 Å². The Morgan fingerprint density at radius 1 is 0.968 bits per heavy atom. The molecule has 0 spiro atoms. The lowest BCUT2D eigenvalue weighted by atomic mass is 9.85. The fraction of sp³-hybridized carbons (Fsp3) is 0.600. The molecule has 8 atom stereocenters. The van der Waals surface area contributed by atoms with Gasteiger partial charge in [-0.2, -0.15) is 5.06 Å². The third-order valence-electron chi connectivity index (χ3n) is 13.5. The second kappa shape index (κ2) is 16.9. The van der Waals surface area contributed by atoms with Crippen molar-refractivity contribution in [3.8, 4) is 5.88 Å². The third-order valence-corrected chi connectivity index (χ3v) is 15.7. The lowest BCUT2D eigenvalue weighted by molar-refractivity contribution is -0.182. The molecule has 2 bridgehead atoms. The van der Waals surface area contributed by atoms with Crippen molar-refractivity contribution >= 4 is 44.9 Å². The molecule has 2 aliphatic heterocycles. The molecule has 63 heavy (non-hydrogen) atoms. The molecule has 18 heteroatoms. The number of benzene rings is 2. The van der Waals surface area contributed by atoms with E-state index in [2.05, 4.69) is 5.32 Å². The standard InChI is InChI=1S/C45H56F2N6O9S/c1-43(2,3)36-40(55)52-25-34(61-39-32(48-30-17-12-13-18-31(30)49-39)19-11-7-10-16-27-23-33(27)62-42(57)53(36)60-5)28(22-26-14-8-6-9-15-26)35(52)38(54)50-45(24-29(45)37(46)47)41(56)51-63(58,59)44(4)20-21-44/h6,8-9,12-15,17-18,27-29,33-37H,7,10-11,16,19-25H2,1-5H3,(H,50,54)(H,51,56)/t27-,28-,29+,33-,34+,35+,36-,45-/m1/s1. The molecule has 340 valence electrons. The highest BCUT2D eigenvalue weighted by Gasteiger charge is 2.68. The number of ether oxygens (including phenoxy) is 2. The molecular formula is C45H56F2N6O9S. The first-order valence-corrected chi connectivity index (χ1v) is 23.3. The highest BCUT2D eigenvalue weighted by molar-refractivity contribution is 7.91. The summed E-state index contributed by atoms with van der Waals surface area (Å²) in [7, 11) is -3.04. The number of amides is 4. The van der Waals surface area contributed by atoms with Crippen LogP contribution in [0.4, 0.5) is 13.6 Å². The summed E-state index contributed by atoms with van der Waals surface area (Å²) >= 11 is 0. The molecule has 3 aliphatic carbocycles. The molecule has 0 unspecified atom stereocenters. The number of aryl methyl sites for hydroxylation is 1. The van der Waals surface area contributed by atoms with E-state index in [9.17, 15) is 26.8 Å². The van der Waals surface area contributed by atoms with Crippen molar-refractivity contribution in [3.63, 3.8) is 0 Å². The number of fused-ring (bicyclic) bond motifs is 5. The minimum absolute atomic E-state index is 0.132. The number of hydrogen-bond acceptors (Lipinski definition) is 11. The number of carbonyl (C=O) groups excluding carboxylic acids is 4. The van der Waals surface area contributed by atoms with E-state index in [4.69, 9.17) is 24.3 Å². The summed E-state index contributed by atoms with van der Waals surface area (Å²) < 4.78 is 69.2. The van der Waals surface area contributed by atoms with Crippen LogP contribution < -0.4 is 14.8 Å². The number of aromatic nitrogens is 2. The van der Waals surface area contributed by atoms with Gasteiger partial charge in [0.15, 0.2) is 0 Å². The molecule has 5 aliphatic rings. The molecular weight excluding hydrogens is 839 g/mol. The summed E-state index contributed by atoms with van der Waals surface area (Å²) in [5.41, 5.74) is -0.757. The Morgan fingerprint density at radius 3 is 2.29 bits per heavy atom. The monoisotopic (exact) mass is 894 g/mol. The number of nitrogens with one attached hydrogen (secondary N) is 2. The van der Waals surface area contributed by atoms with Crippen LogP contribution in [0.25, 0.3) is 11.0 Å². The second-order valence-electron chi connectivity index (χ2n) is 19.2. The van der Waals surface area contributed by atoms with Gasteiger partial charge in [0.2, 0.25) is 34.1 Å². The highest BCUT2D eigenvalue weighted by Crippen LogP contribution is 2.50. The molecule has 4 fully saturated rings. The van der Waals surface area contributed by atoms with Gasteiger partial charge >= 0.3 is 6.09 Å². The summed E-state index contributed by atoms with van der Waals surface area (Å²) in [4.78, 5) is 75.3. The average Bonchev–Trinajstić information content (AvgIpc) is 4.18. The van der Waals surface area contributed by atoms with Crippen molar-refractivity contribution in [3.05, 3.63) is 65.9 Å². The van der Waals surface area contributed by atoms with Crippen LogP contribution in [-0.4, -0.2) is 107 Å². The zero-order valence-corrected chi connectivity index (χ0v) is 37.0. The number of para-hydroxylation sites is 2. The van der Waals surface area contributed by atoms with Gasteiger partial charge < -0.3 is 19.7 Å². The van der Waals surface area contributed by atoms with Crippen LogP contribution in [-0.2, 0) is 46.8 Å². The van der Waals surface area contributed by atoms with Crippen LogP contribution in [0.2, 0.25) is 0 Å². The second-order valence-corrected chi connectivity index (χ2v) is 21.4.